The highest BCUT2D eigenvalue weighted by molar-refractivity contribution is 6.31. The third-order valence-corrected chi connectivity index (χ3v) is 4.61. The van der Waals surface area contributed by atoms with Crippen molar-refractivity contribution in [3.8, 4) is 6.07 Å². The second-order valence-corrected chi connectivity index (χ2v) is 6.35. The number of nitrogens with zero attached hydrogens (tertiary/aromatic N) is 3. The molecule has 1 aliphatic carbocycles. The number of hydrogen-bond donors (Lipinski definition) is 0. The molecule has 0 aromatic heterocycles. The van der Waals surface area contributed by atoms with Gasteiger partial charge in [-0.15, -0.1) is 0 Å². The zero-order valence-electron chi connectivity index (χ0n) is 11.7. The molecule has 0 atom stereocenters. The zero-order valence-corrected chi connectivity index (χ0v) is 12.4. The van der Waals surface area contributed by atoms with E-state index in [0.29, 0.717) is 10.6 Å². The van der Waals surface area contributed by atoms with Crippen LogP contribution in [-0.2, 0) is 6.54 Å². The topological polar surface area (TPSA) is 30.3 Å². The number of halogens is 1. The predicted octanol–water partition coefficient (Wildman–Crippen LogP) is 2.74. The Hall–Kier alpha value is -1.08. The van der Waals surface area contributed by atoms with Crippen LogP contribution in [-0.4, -0.2) is 42.5 Å². The van der Waals surface area contributed by atoms with Crippen LogP contribution in [0.25, 0.3) is 0 Å². The van der Waals surface area contributed by atoms with Crippen molar-refractivity contribution in [3.63, 3.8) is 0 Å². The Labute approximate surface area is 125 Å². The number of piperazine rings is 1. The van der Waals surface area contributed by atoms with Gasteiger partial charge >= 0.3 is 0 Å². The molecule has 1 saturated carbocycles. The highest BCUT2D eigenvalue weighted by atomic mass is 35.5. The quantitative estimate of drug-likeness (QED) is 0.854. The van der Waals surface area contributed by atoms with Gasteiger partial charge in [0, 0.05) is 44.3 Å². The average molecular weight is 290 g/mol. The number of nitriles is 1. The molecule has 2 aliphatic rings. The van der Waals surface area contributed by atoms with E-state index in [0.717, 1.165) is 31.1 Å². The molecule has 3 rings (SSSR count). The van der Waals surface area contributed by atoms with Gasteiger partial charge in [0.2, 0.25) is 0 Å². The Morgan fingerprint density at radius 3 is 2.45 bits per heavy atom. The van der Waals surface area contributed by atoms with Crippen molar-refractivity contribution < 1.29 is 0 Å². The van der Waals surface area contributed by atoms with E-state index in [1.165, 1.54) is 32.5 Å². The van der Waals surface area contributed by atoms with Gasteiger partial charge in [0.05, 0.1) is 11.6 Å². The summed E-state index contributed by atoms with van der Waals surface area (Å²) < 4.78 is 0. The first-order valence-corrected chi connectivity index (χ1v) is 7.75. The Kier molecular flexibility index (Phi) is 4.26. The van der Waals surface area contributed by atoms with Gasteiger partial charge in [-0.05, 0) is 36.5 Å². The molecule has 0 spiro atoms. The first-order valence-electron chi connectivity index (χ1n) is 7.38. The minimum Gasteiger partial charge on any atom is -0.301 e. The molecule has 4 heteroatoms. The van der Waals surface area contributed by atoms with E-state index < -0.39 is 0 Å². The zero-order chi connectivity index (χ0) is 13.9. The van der Waals surface area contributed by atoms with E-state index in [9.17, 15) is 0 Å². The predicted molar refractivity (Wildman–Crippen MR) is 80.6 cm³/mol. The lowest BCUT2D eigenvalue weighted by atomic mass is 10.1. The Balaban J connectivity index is 1.52. The van der Waals surface area contributed by atoms with Crippen LogP contribution in [0.1, 0.15) is 24.0 Å². The van der Waals surface area contributed by atoms with Gasteiger partial charge in [0.1, 0.15) is 0 Å². The summed E-state index contributed by atoms with van der Waals surface area (Å²) in [4.78, 5) is 5.05. The third-order valence-electron chi connectivity index (χ3n) is 4.25. The van der Waals surface area contributed by atoms with Gasteiger partial charge in [-0.3, -0.25) is 4.90 Å². The van der Waals surface area contributed by atoms with Crippen molar-refractivity contribution in [2.24, 2.45) is 5.92 Å². The molecule has 0 radical (unpaired) electrons. The Morgan fingerprint density at radius 1 is 1.15 bits per heavy atom. The third kappa shape index (κ3) is 3.52. The molecule has 0 amide bonds. The number of rotatable bonds is 4. The van der Waals surface area contributed by atoms with E-state index in [1.54, 1.807) is 6.07 Å². The van der Waals surface area contributed by atoms with Crippen LogP contribution >= 0.6 is 11.6 Å². The molecule has 106 valence electrons. The van der Waals surface area contributed by atoms with Crippen LogP contribution in [0.5, 0.6) is 0 Å². The van der Waals surface area contributed by atoms with Crippen LogP contribution in [0.4, 0.5) is 0 Å². The van der Waals surface area contributed by atoms with Gasteiger partial charge in [-0.1, -0.05) is 17.7 Å². The van der Waals surface area contributed by atoms with Crippen molar-refractivity contribution in [2.75, 3.05) is 32.7 Å². The largest absolute Gasteiger partial charge is 0.301 e. The minimum absolute atomic E-state index is 0.632. The summed E-state index contributed by atoms with van der Waals surface area (Å²) in [5.41, 5.74) is 1.76. The molecular weight excluding hydrogens is 270 g/mol. The molecule has 1 heterocycles. The van der Waals surface area contributed by atoms with Gasteiger partial charge < -0.3 is 4.90 Å². The molecule has 2 fully saturated rings. The van der Waals surface area contributed by atoms with E-state index >= 15 is 0 Å². The molecule has 3 nitrogen and oxygen atoms in total. The van der Waals surface area contributed by atoms with Crippen LogP contribution in [0, 0.1) is 17.2 Å². The van der Waals surface area contributed by atoms with Crippen molar-refractivity contribution >= 4 is 11.6 Å². The van der Waals surface area contributed by atoms with Crippen LogP contribution < -0.4 is 0 Å². The molecule has 1 aromatic rings. The van der Waals surface area contributed by atoms with E-state index in [4.69, 9.17) is 16.9 Å². The summed E-state index contributed by atoms with van der Waals surface area (Å²) in [7, 11) is 0. The Morgan fingerprint density at radius 2 is 1.85 bits per heavy atom. The normalized spacial score (nSPS) is 20.8. The molecule has 0 unspecified atom stereocenters. The van der Waals surface area contributed by atoms with Crippen LogP contribution in [0.15, 0.2) is 18.2 Å². The van der Waals surface area contributed by atoms with Crippen molar-refractivity contribution in [1.29, 1.82) is 5.26 Å². The van der Waals surface area contributed by atoms with Crippen LogP contribution in [0.3, 0.4) is 0 Å². The van der Waals surface area contributed by atoms with E-state index in [2.05, 4.69) is 15.9 Å². The summed E-state index contributed by atoms with van der Waals surface area (Å²) in [6.07, 6.45) is 2.86. The highest BCUT2D eigenvalue weighted by Gasteiger charge is 2.26. The lowest BCUT2D eigenvalue weighted by molar-refractivity contribution is 0.123. The van der Waals surface area contributed by atoms with E-state index in [1.807, 2.05) is 12.1 Å². The fourth-order valence-corrected chi connectivity index (χ4v) is 3.02. The maximum atomic E-state index is 8.86. The smallest absolute Gasteiger partial charge is 0.0992 e. The standard InChI is InChI=1S/C16H20ClN3/c17-16-9-14(10-18)3-4-15(16)12-20-7-5-19(6-8-20)11-13-1-2-13/h3-4,9,13H,1-2,5-8,11-12H2. The monoisotopic (exact) mass is 289 g/mol. The molecule has 20 heavy (non-hydrogen) atoms. The molecule has 0 bridgehead atoms. The summed E-state index contributed by atoms with van der Waals surface area (Å²) in [6.45, 7) is 6.76. The first-order chi connectivity index (χ1) is 9.74. The SMILES string of the molecule is N#Cc1ccc(CN2CCN(CC3CC3)CC2)c(Cl)c1. The second-order valence-electron chi connectivity index (χ2n) is 5.94. The fourth-order valence-electron chi connectivity index (χ4n) is 2.78. The van der Waals surface area contributed by atoms with Crippen molar-refractivity contribution in [1.82, 2.24) is 9.80 Å². The molecule has 0 N–H and O–H groups in total. The number of benzene rings is 1. The Bertz CT molecular complexity index is 511. The maximum Gasteiger partial charge on any atom is 0.0992 e. The van der Waals surface area contributed by atoms with Crippen LogP contribution in [0.2, 0.25) is 5.02 Å². The minimum atomic E-state index is 0.632. The summed E-state index contributed by atoms with van der Waals surface area (Å²) >= 11 is 6.24. The lowest BCUT2D eigenvalue weighted by Gasteiger charge is -2.34. The molecule has 1 saturated heterocycles. The summed E-state index contributed by atoms with van der Waals surface area (Å²) in [6, 6.07) is 7.72. The summed E-state index contributed by atoms with van der Waals surface area (Å²) in [5, 5.41) is 9.57. The average Bonchev–Trinajstić information content (AvgIpc) is 3.27. The lowest BCUT2D eigenvalue weighted by Crippen LogP contribution is -2.46. The molecule has 1 aromatic carbocycles. The summed E-state index contributed by atoms with van der Waals surface area (Å²) in [5.74, 6) is 0.981. The van der Waals surface area contributed by atoms with Gasteiger partial charge in [0.15, 0.2) is 0 Å². The maximum absolute atomic E-state index is 8.86. The van der Waals surface area contributed by atoms with Crippen molar-refractivity contribution in [3.05, 3.63) is 34.3 Å². The number of hydrogen-bond acceptors (Lipinski definition) is 3. The second kappa shape index (κ2) is 6.13. The molecule has 1 aliphatic heterocycles. The van der Waals surface area contributed by atoms with Gasteiger partial charge in [-0.25, -0.2) is 0 Å². The highest BCUT2D eigenvalue weighted by Crippen LogP contribution is 2.30. The first kappa shape index (κ1) is 13.9. The molecular formula is C16H20ClN3. The van der Waals surface area contributed by atoms with Gasteiger partial charge in [0.25, 0.3) is 0 Å². The fraction of sp³-hybridized carbons (Fsp3) is 0.562. The van der Waals surface area contributed by atoms with Crippen molar-refractivity contribution in [2.45, 2.75) is 19.4 Å². The van der Waals surface area contributed by atoms with Gasteiger partial charge in [-0.2, -0.15) is 5.26 Å². The van der Waals surface area contributed by atoms with E-state index in [-0.39, 0.29) is 0 Å².